The van der Waals surface area contributed by atoms with Crippen LogP contribution in [0.3, 0.4) is 0 Å². The summed E-state index contributed by atoms with van der Waals surface area (Å²) in [7, 11) is -2.13. The lowest BCUT2D eigenvalue weighted by atomic mass is 9.77. The van der Waals surface area contributed by atoms with Crippen LogP contribution in [0.4, 0.5) is 4.79 Å². The number of nitrogens with one attached hydrogen (secondary N) is 2. The number of carbonyl (C=O) groups is 1. The fourth-order valence-corrected chi connectivity index (χ4v) is 7.90. The van der Waals surface area contributed by atoms with Crippen molar-refractivity contribution in [3.05, 3.63) is 144 Å². The van der Waals surface area contributed by atoms with Gasteiger partial charge in [0.2, 0.25) is 7.37 Å². The van der Waals surface area contributed by atoms with Crippen molar-refractivity contribution >= 4 is 13.5 Å². The highest BCUT2D eigenvalue weighted by molar-refractivity contribution is 7.60. The first-order valence-corrected chi connectivity index (χ1v) is 16.1. The molecule has 4 aromatic rings. The summed E-state index contributed by atoms with van der Waals surface area (Å²) in [6.45, 7) is 6.05. The van der Waals surface area contributed by atoms with Gasteiger partial charge in [-0.2, -0.15) is 0 Å². The van der Waals surface area contributed by atoms with Gasteiger partial charge in [-0.05, 0) is 41.5 Å². The first-order chi connectivity index (χ1) is 20.3. The Bertz CT molecular complexity index is 1340. The Kier molecular flexibility index (Phi) is 10.8. The monoisotopic (exact) mass is 584 g/mol. The largest absolute Gasteiger partial charge is 0.445 e. The summed E-state index contributed by atoms with van der Waals surface area (Å²) in [5.41, 5.74) is 3.00. The van der Waals surface area contributed by atoms with Crippen LogP contribution in [0.2, 0.25) is 0 Å². The summed E-state index contributed by atoms with van der Waals surface area (Å²) in [6, 6.07) is 39.9. The summed E-state index contributed by atoms with van der Waals surface area (Å²) in [5, 5.41) is 6.68. The van der Waals surface area contributed by atoms with E-state index < -0.39 is 30.6 Å². The highest BCUT2D eigenvalue weighted by Gasteiger charge is 2.46. The van der Waals surface area contributed by atoms with E-state index in [0.29, 0.717) is 6.42 Å². The molecular formula is C35H41N2O4P. The van der Waals surface area contributed by atoms with Crippen LogP contribution >= 0.6 is 7.37 Å². The van der Waals surface area contributed by atoms with Crippen LogP contribution in [0.25, 0.3) is 0 Å². The lowest BCUT2D eigenvalue weighted by molar-refractivity contribution is 0.136. The van der Waals surface area contributed by atoms with Crippen molar-refractivity contribution in [3.63, 3.8) is 0 Å². The van der Waals surface area contributed by atoms with E-state index in [1.807, 2.05) is 106 Å². The predicted molar refractivity (Wildman–Crippen MR) is 169 cm³/mol. The van der Waals surface area contributed by atoms with E-state index in [2.05, 4.69) is 47.0 Å². The van der Waals surface area contributed by atoms with Crippen molar-refractivity contribution in [2.75, 3.05) is 7.11 Å². The van der Waals surface area contributed by atoms with E-state index in [9.17, 15) is 9.36 Å². The first kappa shape index (κ1) is 31.2. The number of alkyl carbamates (subject to hydrolysis) is 1. The van der Waals surface area contributed by atoms with E-state index in [-0.39, 0.29) is 12.5 Å². The van der Waals surface area contributed by atoms with E-state index in [1.54, 1.807) is 0 Å². The molecule has 4 aromatic carbocycles. The molecule has 0 spiro atoms. The van der Waals surface area contributed by atoms with Gasteiger partial charge in [-0.1, -0.05) is 135 Å². The Hall–Kier alpha value is -3.70. The van der Waals surface area contributed by atoms with Crippen LogP contribution in [-0.2, 0) is 26.0 Å². The van der Waals surface area contributed by atoms with Crippen LogP contribution in [0.1, 0.15) is 49.4 Å². The Balaban J connectivity index is 1.72. The molecule has 0 aliphatic heterocycles. The number of benzene rings is 4. The number of amides is 1. The summed E-state index contributed by atoms with van der Waals surface area (Å²) >= 11 is 0. The molecule has 42 heavy (non-hydrogen) atoms. The molecule has 0 aliphatic carbocycles. The smallest absolute Gasteiger partial charge is 0.408 e. The highest BCUT2D eigenvalue weighted by Crippen LogP contribution is 2.57. The van der Waals surface area contributed by atoms with E-state index >= 15 is 0 Å². The number of hydrogen-bond donors (Lipinski definition) is 2. The van der Waals surface area contributed by atoms with Gasteiger partial charge in [0.25, 0.3) is 0 Å². The number of ether oxygens (including phenoxy) is 1. The standard InChI is InChI=1S/C35H41N2O4P/c1-27(2)25-33(36-34(38)41-26-29-17-9-5-10-18-29)42(39,40-4)28(3)37-35(30-19-11-6-12-20-30,31-21-13-7-14-22-31)32-23-15-8-16-24-32/h5-24,27-28,33,37H,25-26H2,1-4H3,(H,36,38). The van der Waals surface area contributed by atoms with Gasteiger partial charge in [0.1, 0.15) is 12.4 Å². The normalized spacial score (nSPS) is 14.5. The SMILES string of the molecule is COP(=O)(C(C)NC(c1ccccc1)(c1ccccc1)c1ccccc1)C(CC(C)C)NC(=O)OCc1ccccc1. The molecule has 6 nitrogen and oxygen atoms in total. The second-order valence-electron chi connectivity index (χ2n) is 10.8. The van der Waals surface area contributed by atoms with Crippen molar-refractivity contribution in [1.82, 2.24) is 10.6 Å². The highest BCUT2D eigenvalue weighted by atomic mass is 31.2. The van der Waals surface area contributed by atoms with Gasteiger partial charge < -0.3 is 14.6 Å². The van der Waals surface area contributed by atoms with Gasteiger partial charge in [-0.25, -0.2) is 4.79 Å². The predicted octanol–water partition coefficient (Wildman–Crippen LogP) is 8.14. The van der Waals surface area contributed by atoms with Crippen molar-refractivity contribution in [3.8, 4) is 0 Å². The van der Waals surface area contributed by atoms with Crippen molar-refractivity contribution < 1.29 is 18.6 Å². The molecule has 220 valence electrons. The number of rotatable bonds is 13. The molecule has 0 aromatic heterocycles. The molecule has 0 fully saturated rings. The molecule has 3 atom stereocenters. The maximum Gasteiger partial charge on any atom is 0.408 e. The third kappa shape index (κ3) is 7.19. The second-order valence-corrected chi connectivity index (χ2v) is 13.9. The van der Waals surface area contributed by atoms with E-state index in [0.717, 1.165) is 22.3 Å². The minimum Gasteiger partial charge on any atom is -0.445 e. The topological polar surface area (TPSA) is 76.7 Å². The fourth-order valence-electron chi connectivity index (χ4n) is 5.42. The van der Waals surface area contributed by atoms with Gasteiger partial charge in [0.05, 0.1) is 11.3 Å². The summed E-state index contributed by atoms with van der Waals surface area (Å²) < 4.78 is 26.4. The molecule has 0 heterocycles. The Morgan fingerprint density at radius 2 is 1.17 bits per heavy atom. The number of carbonyl (C=O) groups excluding carboxylic acids is 1. The van der Waals surface area contributed by atoms with Gasteiger partial charge >= 0.3 is 6.09 Å². The van der Waals surface area contributed by atoms with Crippen LogP contribution in [-0.4, -0.2) is 24.8 Å². The van der Waals surface area contributed by atoms with Crippen LogP contribution in [0.15, 0.2) is 121 Å². The molecule has 0 bridgehead atoms. The third-order valence-electron chi connectivity index (χ3n) is 7.50. The third-order valence-corrected chi connectivity index (χ3v) is 10.5. The first-order valence-electron chi connectivity index (χ1n) is 14.4. The average molecular weight is 585 g/mol. The molecule has 1 amide bonds. The van der Waals surface area contributed by atoms with Crippen molar-refractivity contribution in [2.24, 2.45) is 5.92 Å². The average Bonchev–Trinajstić information content (AvgIpc) is 3.03. The van der Waals surface area contributed by atoms with Crippen molar-refractivity contribution in [1.29, 1.82) is 0 Å². The van der Waals surface area contributed by atoms with Crippen molar-refractivity contribution in [2.45, 2.75) is 50.9 Å². The van der Waals surface area contributed by atoms with Gasteiger partial charge in [-0.15, -0.1) is 0 Å². The molecule has 4 rings (SSSR count). The minimum atomic E-state index is -3.59. The molecule has 7 heteroatoms. The summed E-state index contributed by atoms with van der Waals surface area (Å²) in [5.74, 6) is -1.29. The van der Waals surface area contributed by atoms with E-state index in [4.69, 9.17) is 9.26 Å². The quantitative estimate of drug-likeness (QED) is 0.123. The van der Waals surface area contributed by atoms with Gasteiger partial charge in [0.15, 0.2) is 0 Å². The van der Waals surface area contributed by atoms with Gasteiger partial charge in [-0.3, -0.25) is 9.88 Å². The Morgan fingerprint density at radius 1 is 0.738 bits per heavy atom. The molecule has 0 aliphatic rings. The molecule has 0 radical (unpaired) electrons. The molecule has 0 saturated carbocycles. The Morgan fingerprint density at radius 3 is 1.57 bits per heavy atom. The maximum atomic E-state index is 14.9. The van der Waals surface area contributed by atoms with Crippen LogP contribution < -0.4 is 10.6 Å². The fraction of sp³-hybridized carbons (Fsp3) is 0.286. The zero-order valence-electron chi connectivity index (χ0n) is 24.8. The second kappa shape index (κ2) is 14.5. The zero-order chi connectivity index (χ0) is 30.0. The number of hydrogen-bond acceptors (Lipinski definition) is 5. The molecule has 3 unspecified atom stereocenters. The molecular weight excluding hydrogens is 543 g/mol. The van der Waals surface area contributed by atoms with Crippen LogP contribution in [0.5, 0.6) is 0 Å². The molecule has 2 N–H and O–H groups in total. The van der Waals surface area contributed by atoms with E-state index in [1.165, 1.54) is 7.11 Å². The summed E-state index contributed by atoms with van der Waals surface area (Å²) in [6.07, 6.45) is -0.179. The lowest BCUT2D eigenvalue weighted by Crippen LogP contribution is -2.51. The maximum absolute atomic E-state index is 14.9. The minimum absolute atomic E-state index is 0.116. The summed E-state index contributed by atoms with van der Waals surface area (Å²) in [4.78, 5) is 13.0. The zero-order valence-corrected chi connectivity index (χ0v) is 25.7. The Labute approximate surface area is 249 Å². The lowest BCUT2D eigenvalue weighted by Gasteiger charge is -2.42. The van der Waals surface area contributed by atoms with Gasteiger partial charge in [0, 0.05) is 7.11 Å². The molecule has 0 saturated heterocycles. The van der Waals surface area contributed by atoms with Crippen LogP contribution in [0, 0.1) is 5.92 Å².